The minimum atomic E-state index is 0.180. The number of nitrogens with zero attached hydrogens (tertiary/aromatic N) is 1. The third-order valence-electron chi connectivity index (χ3n) is 4.62. The molecule has 2 heteroatoms. The lowest BCUT2D eigenvalue weighted by molar-refractivity contribution is 0.205. The summed E-state index contributed by atoms with van der Waals surface area (Å²) in [4.78, 5) is 2.54. The Morgan fingerprint density at radius 3 is 2.58 bits per heavy atom. The van der Waals surface area contributed by atoms with E-state index in [1.807, 2.05) is 0 Å². The summed E-state index contributed by atoms with van der Waals surface area (Å²) in [5.74, 6) is 0.669. The maximum atomic E-state index is 9.12. The van der Waals surface area contributed by atoms with E-state index in [9.17, 15) is 0 Å². The van der Waals surface area contributed by atoms with Gasteiger partial charge in [-0.2, -0.15) is 0 Å². The van der Waals surface area contributed by atoms with Crippen LogP contribution in [-0.2, 0) is 0 Å². The fourth-order valence-corrected chi connectivity index (χ4v) is 3.33. The van der Waals surface area contributed by atoms with Crippen LogP contribution in [0.25, 0.3) is 0 Å². The average Bonchev–Trinajstić information content (AvgIpc) is 2.32. The highest BCUT2D eigenvalue weighted by atomic mass is 16.3. The molecule has 1 saturated heterocycles. The number of hydrogen-bond acceptors (Lipinski definition) is 2. The van der Waals surface area contributed by atoms with Gasteiger partial charge in [0.1, 0.15) is 0 Å². The van der Waals surface area contributed by atoms with Crippen LogP contribution in [0, 0.1) is 19.8 Å². The normalized spacial score (nSPS) is 22.6. The zero-order valence-corrected chi connectivity index (χ0v) is 12.7. The Labute approximate surface area is 117 Å². The van der Waals surface area contributed by atoms with Crippen molar-refractivity contribution in [2.45, 2.75) is 52.5 Å². The molecule has 19 heavy (non-hydrogen) atoms. The standard InChI is InChI=1S/C17H27NO/c1-13-5-6-16(11-14(13)2)18-9-7-15(8-10-19)12-17(18,3)4/h5-6,11,15,19H,7-10,12H2,1-4H3. The van der Waals surface area contributed by atoms with Crippen LogP contribution in [0.15, 0.2) is 18.2 Å². The van der Waals surface area contributed by atoms with Crippen molar-refractivity contribution in [2.75, 3.05) is 18.1 Å². The Morgan fingerprint density at radius 1 is 1.26 bits per heavy atom. The van der Waals surface area contributed by atoms with Gasteiger partial charge in [0.15, 0.2) is 0 Å². The van der Waals surface area contributed by atoms with Crippen molar-refractivity contribution in [1.29, 1.82) is 0 Å². The van der Waals surface area contributed by atoms with Crippen molar-refractivity contribution in [3.8, 4) is 0 Å². The molecule has 0 bridgehead atoms. The predicted octanol–water partition coefficient (Wildman–Crippen LogP) is 3.68. The molecule has 0 aromatic heterocycles. The van der Waals surface area contributed by atoms with E-state index in [4.69, 9.17) is 5.11 Å². The van der Waals surface area contributed by atoms with E-state index in [1.165, 1.54) is 29.7 Å². The summed E-state index contributed by atoms with van der Waals surface area (Å²) in [7, 11) is 0. The zero-order chi connectivity index (χ0) is 14.0. The molecule has 106 valence electrons. The molecule has 0 aliphatic carbocycles. The lowest BCUT2D eigenvalue weighted by Gasteiger charge is -2.47. The largest absolute Gasteiger partial charge is 0.396 e. The lowest BCUT2D eigenvalue weighted by Crippen LogP contribution is -2.50. The molecular weight excluding hydrogens is 234 g/mol. The molecule has 1 N–H and O–H groups in total. The van der Waals surface area contributed by atoms with Gasteiger partial charge in [0.05, 0.1) is 0 Å². The Morgan fingerprint density at radius 2 is 2.00 bits per heavy atom. The molecule has 1 fully saturated rings. The first-order chi connectivity index (χ1) is 8.94. The van der Waals surface area contributed by atoms with Crippen LogP contribution in [-0.4, -0.2) is 23.8 Å². The minimum Gasteiger partial charge on any atom is -0.396 e. The number of piperidine rings is 1. The van der Waals surface area contributed by atoms with Gasteiger partial charge in [0.25, 0.3) is 0 Å². The molecule has 1 heterocycles. The van der Waals surface area contributed by atoms with E-state index in [2.05, 4.69) is 50.8 Å². The van der Waals surface area contributed by atoms with E-state index in [0.717, 1.165) is 13.0 Å². The van der Waals surface area contributed by atoms with Crippen LogP contribution >= 0.6 is 0 Å². The number of aryl methyl sites for hydroxylation is 2. The lowest BCUT2D eigenvalue weighted by atomic mass is 9.80. The molecule has 1 aliphatic heterocycles. The van der Waals surface area contributed by atoms with E-state index in [-0.39, 0.29) is 5.54 Å². The SMILES string of the molecule is Cc1ccc(N2CCC(CCO)CC2(C)C)cc1C. The molecule has 2 rings (SSSR count). The van der Waals surface area contributed by atoms with Crippen LogP contribution in [0.4, 0.5) is 5.69 Å². The fourth-order valence-electron chi connectivity index (χ4n) is 3.33. The Hall–Kier alpha value is -1.02. The quantitative estimate of drug-likeness (QED) is 0.897. The van der Waals surface area contributed by atoms with Crippen molar-refractivity contribution in [3.63, 3.8) is 0 Å². The van der Waals surface area contributed by atoms with Crippen molar-refractivity contribution in [3.05, 3.63) is 29.3 Å². The van der Waals surface area contributed by atoms with Gasteiger partial charge in [0, 0.05) is 24.4 Å². The maximum Gasteiger partial charge on any atom is 0.0433 e. The Bertz CT molecular complexity index is 439. The molecule has 1 aliphatic rings. The Kier molecular flexibility index (Phi) is 4.19. The number of rotatable bonds is 3. The highest BCUT2D eigenvalue weighted by Crippen LogP contribution is 2.37. The second-order valence-corrected chi connectivity index (χ2v) is 6.60. The summed E-state index contributed by atoms with van der Waals surface area (Å²) < 4.78 is 0. The first-order valence-corrected chi connectivity index (χ1v) is 7.40. The van der Waals surface area contributed by atoms with Gasteiger partial charge in [-0.3, -0.25) is 0 Å². The van der Waals surface area contributed by atoms with Gasteiger partial charge in [-0.25, -0.2) is 0 Å². The Balaban J connectivity index is 2.18. The minimum absolute atomic E-state index is 0.180. The summed E-state index contributed by atoms with van der Waals surface area (Å²) in [6, 6.07) is 6.78. The summed E-state index contributed by atoms with van der Waals surface area (Å²) >= 11 is 0. The van der Waals surface area contributed by atoms with Gasteiger partial charge in [-0.1, -0.05) is 6.07 Å². The van der Waals surface area contributed by atoms with Crippen LogP contribution in [0.3, 0.4) is 0 Å². The summed E-state index contributed by atoms with van der Waals surface area (Å²) in [5, 5.41) is 9.12. The number of aliphatic hydroxyl groups is 1. The third kappa shape index (κ3) is 3.11. The maximum absolute atomic E-state index is 9.12. The van der Waals surface area contributed by atoms with Crippen molar-refractivity contribution < 1.29 is 5.11 Å². The van der Waals surface area contributed by atoms with Gasteiger partial charge in [-0.05, 0) is 76.1 Å². The van der Waals surface area contributed by atoms with E-state index in [1.54, 1.807) is 0 Å². The molecule has 0 radical (unpaired) electrons. The molecule has 0 amide bonds. The van der Waals surface area contributed by atoms with Crippen molar-refractivity contribution in [1.82, 2.24) is 0 Å². The highest BCUT2D eigenvalue weighted by Gasteiger charge is 2.34. The summed E-state index contributed by atoms with van der Waals surface area (Å²) in [6.07, 6.45) is 3.31. The second kappa shape index (κ2) is 5.54. The van der Waals surface area contributed by atoms with Crippen LogP contribution in [0.1, 0.15) is 44.2 Å². The zero-order valence-electron chi connectivity index (χ0n) is 12.7. The number of aliphatic hydroxyl groups excluding tert-OH is 1. The molecular formula is C17H27NO. The monoisotopic (exact) mass is 261 g/mol. The number of hydrogen-bond donors (Lipinski definition) is 1. The highest BCUT2D eigenvalue weighted by molar-refractivity contribution is 5.53. The van der Waals surface area contributed by atoms with Crippen molar-refractivity contribution >= 4 is 5.69 Å². The summed E-state index contributed by atoms with van der Waals surface area (Å²) in [5.41, 5.74) is 4.25. The first kappa shape index (κ1) is 14.4. The molecule has 0 saturated carbocycles. The predicted molar refractivity (Wildman–Crippen MR) is 81.8 cm³/mol. The fraction of sp³-hybridized carbons (Fsp3) is 0.647. The van der Waals surface area contributed by atoms with Crippen LogP contribution in [0.2, 0.25) is 0 Å². The molecule has 1 aromatic carbocycles. The number of benzene rings is 1. The molecule has 1 atom stereocenters. The third-order valence-corrected chi connectivity index (χ3v) is 4.62. The van der Waals surface area contributed by atoms with E-state index in [0.29, 0.717) is 12.5 Å². The second-order valence-electron chi connectivity index (χ2n) is 6.60. The van der Waals surface area contributed by atoms with Gasteiger partial charge >= 0.3 is 0 Å². The topological polar surface area (TPSA) is 23.5 Å². The molecule has 2 nitrogen and oxygen atoms in total. The van der Waals surface area contributed by atoms with Crippen molar-refractivity contribution in [2.24, 2.45) is 5.92 Å². The van der Waals surface area contributed by atoms with E-state index >= 15 is 0 Å². The van der Waals surface area contributed by atoms with Gasteiger partial charge in [-0.15, -0.1) is 0 Å². The average molecular weight is 261 g/mol. The summed E-state index contributed by atoms with van der Waals surface area (Å²) in [6.45, 7) is 10.4. The van der Waals surface area contributed by atoms with Crippen LogP contribution in [0.5, 0.6) is 0 Å². The number of anilines is 1. The van der Waals surface area contributed by atoms with E-state index < -0.39 is 0 Å². The van der Waals surface area contributed by atoms with Gasteiger partial charge < -0.3 is 10.0 Å². The smallest absolute Gasteiger partial charge is 0.0433 e. The van der Waals surface area contributed by atoms with Crippen LogP contribution < -0.4 is 4.90 Å². The molecule has 1 unspecified atom stereocenters. The molecule has 1 aromatic rings. The molecule has 0 spiro atoms. The van der Waals surface area contributed by atoms with Gasteiger partial charge in [0.2, 0.25) is 0 Å². The first-order valence-electron chi connectivity index (χ1n) is 7.40.